The van der Waals surface area contributed by atoms with Crippen LogP contribution in [0.25, 0.3) is 0 Å². The molecule has 2 N–H and O–H groups in total. The van der Waals surface area contributed by atoms with E-state index in [4.69, 9.17) is 0 Å². The van der Waals surface area contributed by atoms with E-state index in [0.29, 0.717) is 13.1 Å². The van der Waals surface area contributed by atoms with E-state index in [1.807, 2.05) is 18.2 Å². The summed E-state index contributed by atoms with van der Waals surface area (Å²) < 4.78 is 0. The number of fused-ring (bicyclic) bond motifs is 1. The molecule has 0 radical (unpaired) electrons. The van der Waals surface area contributed by atoms with Crippen molar-refractivity contribution in [2.24, 2.45) is 0 Å². The number of nitrogens with one attached hydrogen (secondary N) is 2. The number of nitrogens with zero attached hydrogens (tertiary/aromatic N) is 2. The van der Waals surface area contributed by atoms with Gasteiger partial charge in [0, 0.05) is 26.2 Å². The summed E-state index contributed by atoms with van der Waals surface area (Å²) in [7, 11) is 0. The van der Waals surface area contributed by atoms with Crippen molar-refractivity contribution in [1.29, 1.82) is 0 Å². The first-order valence-electron chi connectivity index (χ1n) is 7.21. The minimum absolute atomic E-state index is 0. The summed E-state index contributed by atoms with van der Waals surface area (Å²) >= 11 is 0. The molecule has 0 aromatic heterocycles. The predicted octanol–water partition coefficient (Wildman–Crippen LogP) is 1.67. The maximum absolute atomic E-state index is 12.2. The van der Waals surface area contributed by atoms with E-state index in [9.17, 15) is 9.59 Å². The second kappa shape index (κ2) is 6.04. The molecule has 22 heavy (non-hydrogen) atoms. The molecule has 1 fully saturated rings. The number of amides is 3. The summed E-state index contributed by atoms with van der Waals surface area (Å²) in [5.74, 6) is -0.157. The monoisotopic (exact) mass is 324 g/mol. The van der Waals surface area contributed by atoms with Gasteiger partial charge >= 0.3 is 6.03 Å². The molecular formula is C15H21ClN4O2. The van der Waals surface area contributed by atoms with Crippen LogP contribution in [0.3, 0.4) is 0 Å². The molecule has 2 aliphatic rings. The van der Waals surface area contributed by atoms with E-state index >= 15 is 0 Å². The van der Waals surface area contributed by atoms with Crippen molar-refractivity contribution in [3.05, 3.63) is 24.3 Å². The summed E-state index contributed by atoms with van der Waals surface area (Å²) in [5.41, 5.74) is 1.43. The summed E-state index contributed by atoms with van der Waals surface area (Å²) in [6.45, 7) is 6.24. The van der Waals surface area contributed by atoms with Gasteiger partial charge in [-0.3, -0.25) is 9.69 Å². The van der Waals surface area contributed by atoms with E-state index in [2.05, 4.69) is 21.6 Å². The van der Waals surface area contributed by atoms with E-state index in [0.717, 1.165) is 24.5 Å². The van der Waals surface area contributed by atoms with Crippen LogP contribution in [0.15, 0.2) is 24.3 Å². The molecule has 0 saturated carbocycles. The smallest absolute Gasteiger partial charge is 0.325 e. The number of para-hydroxylation sites is 2. The number of hydrogen-bond acceptors (Lipinski definition) is 4. The molecule has 7 heteroatoms. The van der Waals surface area contributed by atoms with Crippen molar-refractivity contribution in [3.8, 4) is 0 Å². The van der Waals surface area contributed by atoms with E-state index < -0.39 is 5.54 Å². The van der Waals surface area contributed by atoms with Gasteiger partial charge in [-0.05, 0) is 26.0 Å². The quantitative estimate of drug-likeness (QED) is 0.830. The van der Waals surface area contributed by atoms with Gasteiger partial charge in [-0.15, -0.1) is 12.4 Å². The predicted molar refractivity (Wildman–Crippen MR) is 88.7 cm³/mol. The zero-order chi connectivity index (χ0) is 15.0. The van der Waals surface area contributed by atoms with Crippen molar-refractivity contribution in [1.82, 2.24) is 10.2 Å². The number of imide groups is 1. The molecule has 3 amide bonds. The fourth-order valence-corrected chi connectivity index (χ4v) is 2.82. The lowest BCUT2D eigenvalue weighted by atomic mass is 10.1. The molecule has 0 atom stereocenters. The third kappa shape index (κ3) is 2.83. The Morgan fingerprint density at radius 1 is 1.18 bits per heavy atom. The Kier molecular flexibility index (Phi) is 4.51. The molecule has 1 aromatic carbocycles. The molecule has 2 heterocycles. The number of anilines is 2. The Hall–Kier alpha value is -1.95. The molecule has 2 aliphatic heterocycles. The van der Waals surface area contributed by atoms with Crippen LogP contribution in [0.2, 0.25) is 0 Å². The molecule has 1 saturated heterocycles. The maximum Gasteiger partial charge on any atom is 0.325 e. The van der Waals surface area contributed by atoms with Gasteiger partial charge in [-0.1, -0.05) is 12.1 Å². The Balaban J connectivity index is 0.00000176. The molecule has 0 aliphatic carbocycles. The summed E-state index contributed by atoms with van der Waals surface area (Å²) in [6, 6.07) is 7.79. The highest BCUT2D eigenvalue weighted by Crippen LogP contribution is 2.28. The van der Waals surface area contributed by atoms with Crippen LogP contribution < -0.4 is 15.5 Å². The Morgan fingerprint density at radius 2 is 1.91 bits per heavy atom. The van der Waals surface area contributed by atoms with Gasteiger partial charge in [-0.2, -0.15) is 0 Å². The van der Waals surface area contributed by atoms with Crippen LogP contribution in [-0.2, 0) is 4.79 Å². The van der Waals surface area contributed by atoms with Gasteiger partial charge in [0.15, 0.2) is 0 Å². The molecular weight excluding hydrogens is 304 g/mol. The second-order valence-electron chi connectivity index (χ2n) is 5.94. The average Bonchev–Trinajstić information content (AvgIpc) is 2.65. The molecule has 3 rings (SSSR count). The van der Waals surface area contributed by atoms with E-state index in [1.165, 1.54) is 4.90 Å². The number of hydrogen-bond donors (Lipinski definition) is 2. The van der Waals surface area contributed by atoms with Crippen LogP contribution >= 0.6 is 12.4 Å². The largest absolute Gasteiger partial charge is 0.382 e. The van der Waals surface area contributed by atoms with Crippen molar-refractivity contribution < 1.29 is 9.59 Å². The summed E-state index contributed by atoms with van der Waals surface area (Å²) in [4.78, 5) is 27.6. The Morgan fingerprint density at radius 3 is 2.59 bits per heavy atom. The molecule has 6 nitrogen and oxygen atoms in total. The fraction of sp³-hybridized carbons (Fsp3) is 0.467. The third-order valence-corrected chi connectivity index (χ3v) is 3.98. The van der Waals surface area contributed by atoms with Gasteiger partial charge in [0.05, 0.1) is 11.4 Å². The number of carbonyl (C=O) groups excluding carboxylic acids is 2. The summed E-state index contributed by atoms with van der Waals surface area (Å²) in [6.07, 6.45) is 0. The second-order valence-corrected chi connectivity index (χ2v) is 5.94. The van der Waals surface area contributed by atoms with Crippen LogP contribution in [0, 0.1) is 0 Å². The molecule has 0 spiro atoms. The number of urea groups is 1. The third-order valence-electron chi connectivity index (χ3n) is 3.98. The molecule has 0 unspecified atom stereocenters. The first kappa shape index (κ1) is 16.4. The first-order valence-corrected chi connectivity index (χ1v) is 7.21. The lowest BCUT2D eigenvalue weighted by Crippen LogP contribution is -2.43. The minimum Gasteiger partial charge on any atom is -0.382 e. The normalized spacial score (nSPS) is 19.2. The van der Waals surface area contributed by atoms with Gasteiger partial charge in [0.25, 0.3) is 5.91 Å². The Bertz CT molecular complexity index is 591. The number of carbonyl (C=O) groups is 2. The molecule has 0 bridgehead atoms. The van der Waals surface area contributed by atoms with Crippen molar-refractivity contribution in [3.63, 3.8) is 0 Å². The highest BCUT2D eigenvalue weighted by atomic mass is 35.5. The van der Waals surface area contributed by atoms with Crippen LogP contribution in [0.1, 0.15) is 13.8 Å². The summed E-state index contributed by atoms with van der Waals surface area (Å²) in [5, 5.41) is 6.06. The van der Waals surface area contributed by atoms with E-state index in [1.54, 1.807) is 13.8 Å². The van der Waals surface area contributed by atoms with Gasteiger partial charge in [-0.25, -0.2) is 4.79 Å². The highest BCUT2D eigenvalue weighted by molar-refractivity contribution is 6.06. The number of rotatable bonds is 3. The first-order chi connectivity index (χ1) is 9.99. The van der Waals surface area contributed by atoms with Crippen LogP contribution in [0.4, 0.5) is 16.2 Å². The molecule has 120 valence electrons. The molecule has 1 aromatic rings. The van der Waals surface area contributed by atoms with Crippen LogP contribution in [-0.4, -0.2) is 48.6 Å². The Labute approximate surface area is 136 Å². The van der Waals surface area contributed by atoms with Gasteiger partial charge in [0.2, 0.25) is 0 Å². The lowest BCUT2D eigenvalue weighted by molar-refractivity contribution is -0.130. The highest BCUT2D eigenvalue weighted by Gasteiger charge is 2.44. The van der Waals surface area contributed by atoms with Gasteiger partial charge in [0.1, 0.15) is 5.54 Å². The standard InChI is InChI=1S/C15H20N4O2.ClH/c1-15(2)13(20)19(14(21)17-15)10-9-18-8-7-16-11-5-3-4-6-12(11)18;/h3-6,16H,7-10H2,1-2H3,(H,17,21);1H. The van der Waals surface area contributed by atoms with E-state index in [-0.39, 0.29) is 24.3 Å². The zero-order valence-corrected chi connectivity index (χ0v) is 13.6. The number of halogens is 1. The average molecular weight is 325 g/mol. The van der Waals surface area contributed by atoms with Crippen LogP contribution in [0.5, 0.6) is 0 Å². The lowest BCUT2D eigenvalue weighted by Gasteiger charge is -2.32. The van der Waals surface area contributed by atoms with Gasteiger partial charge < -0.3 is 15.5 Å². The van der Waals surface area contributed by atoms with Crippen molar-refractivity contribution >= 4 is 35.7 Å². The number of benzene rings is 1. The maximum atomic E-state index is 12.2. The van der Waals surface area contributed by atoms with Crippen molar-refractivity contribution in [2.75, 3.05) is 36.4 Å². The fourth-order valence-electron chi connectivity index (χ4n) is 2.82. The minimum atomic E-state index is -0.793. The SMILES string of the molecule is CC1(C)NC(=O)N(CCN2CCNc3ccccc32)C1=O.Cl. The van der Waals surface area contributed by atoms with Crippen molar-refractivity contribution in [2.45, 2.75) is 19.4 Å². The topological polar surface area (TPSA) is 64.7 Å². The zero-order valence-electron chi connectivity index (χ0n) is 12.8.